The lowest BCUT2D eigenvalue weighted by atomic mass is 10.2. The van der Waals surface area contributed by atoms with Gasteiger partial charge < -0.3 is 9.88 Å². The second-order valence-electron chi connectivity index (χ2n) is 6.75. The number of hydrogen-bond donors (Lipinski definition) is 1. The molecule has 0 bridgehead atoms. The molecule has 0 aliphatic rings. The van der Waals surface area contributed by atoms with E-state index in [0.29, 0.717) is 17.4 Å². The largest absolute Gasteiger partial charge is 0.325 e. The van der Waals surface area contributed by atoms with E-state index in [1.54, 1.807) is 12.1 Å². The first kappa shape index (κ1) is 22.0. The second kappa shape index (κ2) is 9.41. The smallest absolute Gasteiger partial charge is 0.242 e. The number of anilines is 1. The third kappa shape index (κ3) is 5.26. The topological polar surface area (TPSA) is 97.2 Å². The maximum absolute atomic E-state index is 12.3. The third-order valence-electron chi connectivity index (χ3n) is 4.33. The van der Waals surface area contributed by atoms with Gasteiger partial charge in [-0.1, -0.05) is 42.1 Å². The Morgan fingerprint density at radius 2 is 1.73 bits per heavy atom. The fourth-order valence-electron chi connectivity index (χ4n) is 2.66. The van der Waals surface area contributed by atoms with Crippen LogP contribution >= 0.6 is 11.8 Å². The zero-order valence-electron chi connectivity index (χ0n) is 16.9. The summed E-state index contributed by atoms with van der Waals surface area (Å²) in [5.74, 6) is 0.722. The predicted molar refractivity (Wildman–Crippen MR) is 117 cm³/mol. The van der Waals surface area contributed by atoms with Crippen LogP contribution in [0.1, 0.15) is 11.4 Å². The lowest BCUT2D eigenvalue weighted by Crippen LogP contribution is -2.22. The summed E-state index contributed by atoms with van der Waals surface area (Å²) in [4.78, 5) is 12.5. The molecule has 3 rings (SSSR count). The van der Waals surface area contributed by atoms with Gasteiger partial charge in [-0.05, 0) is 36.8 Å². The molecule has 0 unspecified atom stereocenters. The molecular formula is C20H23N5O3S2. The van der Waals surface area contributed by atoms with Gasteiger partial charge in [0.05, 0.1) is 17.2 Å². The molecule has 0 radical (unpaired) electrons. The molecule has 3 aromatic rings. The summed E-state index contributed by atoms with van der Waals surface area (Å²) < 4.78 is 27.3. The first-order valence-corrected chi connectivity index (χ1v) is 11.6. The molecule has 158 valence electrons. The number of amides is 1. The van der Waals surface area contributed by atoms with Crippen molar-refractivity contribution in [3.05, 3.63) is 66.0 Å². The number of benzene rings is 2. The van der Waals surface area contributed by atoms with Gasteiger partial charge in [-0.2, -0.15) is 0 Å². The summed E-state index contributed by atoms with van der Waals surface area (Å²) in [5.41, 5.74) is 1.65. The van der Waals surface area contributed by atoms with Gasteiger partial charge in [0, 0.05) is 19.8 Å². The van der Waals surface area contributed by atoms with Gasteiger partial charge in [0.1, 0.15) is 5.82 Å². The zero-order valence-corrected chi connectivity index (χ0v) is 18.6. The lowest BCUT2D eigenvalue weighted by Gasteiger charge is -2.12. The van der Waals surface area contributed by atoms with E-state index >= 15 is 0 Å². The van der Waals surface area contributed by atoms with Crippen molar-refractivity contribution in [3.63, 3.8) is 0 Å². The number of hydrogen-bond acceptors (Lipinski definition) is 6. The van der Waals surface area contributed by atoms with Crippen LogP contribution in [0.2, 0.25) is 0 Å². The highest BCUT2D eigenvalue weighted by Gasteiger charge is 2.17. The number of aromatic nitrogens is 3. The monoisotopic (exact) mass is 445 g/mol. The average Bonchev–Trinajstić information content (AvgIpc) is 3.07. The summed E-state index contributed by atoms with van der Waals surface area (Å²) in [6.45, 7) is 2.51. The van der Waals surface area contributed by atoms with E-state index in [2.05, 4.69) is 15.5 Å². The summed E-state index contributed by atoms with van der Waals surface area (Å²) in [6.07, 6.45) is 0. The Hall–Kier alpha value is -2.69. The fourth-order valence-corrected chi connectivity index (χ4v) is 4.35. The molecular weight excluding hydrogens is 422 g/mol. The van der Waals surface area contributed by atoms with E-state index in [4.69, 9.17) is 0 Å². The number of sulfonamides is 1. The molecule has 10 heteroatoms. The molecule has 30 heavy (non-hydrogen) atoms. The number of rotatable bonds is 8. The average molecular weight is 446 g/mol. The van der Waals surface area contributed by atoms with Crippen LogP contribution in [0.15, 0.2) is 64.6 Å². The van der Waals surface area contributed by atoms with Gasteiger partial charge in [0.15, 0.2) is 5.16 Å². The maximum atomic E-state index is 12.3. The first-order chi connectivity index (χ1) is 14.3. The van der Waals surface area contributed by atoms with Crippen molar-refractivity contribution in [3.8, 4) is 0 Å². The Kier molecular flexibility index (Phi) is 6.91. The van der Waals surface area contributed by atoms with Crippen LogP contribution in [0.4, 0.5) is 5.69 Å². The van der Waals surface area contributed by atoms with Crippen molar-refractivity contribution in [1.82, 2.24) is 19.1 Å². The number of carbonyl (C=O) groups is 1. The van der Waals surface area contributed by atoms with E-state index in [9.17, 15) is 13.2 Å². The zero-order chi connectivity index (χ0) is 21.7. The predicted octanol–water partition coefficient (Wildman–Crippen LogP) is 2.62. The summed E-state index contributed by atoms with van der Waals surface area (Å²) >= 11 is 1.30. The van der Waals surface area contributed by atoms with Crippen LogP contribution < -0.4 is 5.32 Å². The van der Waals surface area contributed by atoms with Crippen molar-refractivity contribution in [2.45, 2.75) is 23.5 Å². The summed E-state index contributed by atoms with van der Waals surface area (Å²) in [7, 11) is -0.553. The highest BCUT2D eigenvalue weighted by molar-refractivity contribution is 7.99. The molecule has 1 N–H and O–H groups in total. The van der Waals surface area contributed by atoms with E-state index in [1.165, 1.54) is 38.0 Å². The van der Waals surface area contributed by atoms with Gasteiger partial charge in [-0.25, -0.2) is 12.7 Å². The molecule has 0 aliphatic heterocycles. The molecule has 0 fully saturated rings. The molecule has 1 aromatic heterocycles. The Labute approximate surface area is 180 Å². The number of aryl methyl sites for hydroxylation is 1. The normalized spacial score (nSPS) is 11.6. The van der Waals surface area contributed by atoms with Gasteiger partial charge in [-0.3, -0.25) is 4.79 Å². The Bertz CT molecular complexity index is 1110. The van der Waals surface area contributed by atoms with Gasteiger partial charge >= 0.3 is 0 Å². The molecule has 0 spiro atoms. The fraction of sp³-hybridized carbons (Fsp3) is 0.250. The van der Waals surface area contributed by atoms with Crippen LogP contribution in [-0.4, -0.2) is 53.2 Å². The lowest BCUT2D eigenvalue weighted by molar-refractivity contribution is -0.113. The van der Waals surface area contributed by atoms with Gasteiger partial charge in [0.25, 0.3) is 0 Å². The van der Waals surface area contributed by atoms with E-state index in [0.717, 1.165) is 15.7 Å². The molecule has 0 aliphatic carbocycles. The van der Waals surface area contributed by atoms with E-state index in [1.807, 2.05) is 41.8 Å². The molecule has 8 nitrogen and oxygen atoms in total. The van der Waals surface area contributed by atoms with Gasteiger partial charge in [-0.15, -0.1) is 10.2 Å². The van der Waals surface area contributed by atoms with E-state index in [-0.39, 0.29) is 16.6 Å². The maximum Gasteiger partial charge on any atom is 0.242 e. The minimum absolute atomic E-state index is 0.157. The van der Waals surface area contributed by atoms with Crippen molar-refractivity contribution >= 4 is 33.4 Å². The van der Waals surface area contributed by atoms with Crippen molar-refractivity contribution in [2.75, 3.05) is 25.2 Å². The SMILES string of the molecule is Cc1nnc(SCC(=O)Nc2ccc(S(=O)(=O)N(C)C)cc2)n1Cc1ccccc1. The Balaban J connectivity index is 1.60. The highest BCUT2D eigenvalue weighted by atomic mass is 32.2. The van der Waals surface area contributed by atoms with Gasteiger partial charge in [0.2, 0.25) is 15.9 Å². The molecule has 0 saturated heterocycles. The third-order valence-corrected chi connectivity index (χ3v) is 7.13. The molecule has 0 atom stereocenters. The summed E-state index contributed by atoms with van der Waals surface area (Å²) in [5, 5.41) is 11.7. The van der Waals surface area contributed by atoms with Crippen molar-refractivity contribution < 1.29 is 13.2 Å². The first-order valence-electron chi connectivity index (χ1n) is 9.16. The van der Waals surface area contributed by atoms with Crippen LogP contribution in [0, 0.1) is 6.92 Å². The van der Waals surface area contributed by atoms with Crippen LogP contribution in [0.3, 0.4) is 0 Å². The highest BCUT2D eigenvalue weighted by Crippen LogP contribution is 2.20. The number of nitrogens with one attached hydrogen (secondary N) is 1. The van der Waals surface area contributed by atoms with Crippen LogP contribution in [0.5, 0.6) is 0 Å². The van der Waals surface area contributed by atoms with E-state index < -0.39 is 10.0 Å². The molecule has 2 aromatic carbocycles. The quantitative estimate of drug-likeness (QED) is 0.536. The minimum atomic E-state index is -3.50. The molecule has 1 heterocycles. The second-order valence-corrected chi connectivity index (χ2v) is 9.84. The minimum Gasteiger partial charge on any atom is -0.325 e. The van der Waals surface area contributed by atoms with Crippen LogP contribution in [-0.2, 0) is 21.4 Å². The Morgan fingerprint density at radius 3 is 2.37 bits per heavy atom. The molecule has 1 amide bonds. The van der Waals surface area contributed by atoms with Crippen molar-refractivity contribution in [1.29, 1.82) is 0 Å². The van der Waals surface area contributed by atoms with Crippen LogP contribution in [0.25, 0.3) is 0 Å². The van der Waals surface area contributed by atoms with Crippen molar-refractivity contribution in [2.24, 2.45) is 0 Å². The number of carbonyl (C=O) groups excluding carboxylic acids is 1. The summed E-state index contributed by atoms with van der Waals surface area (Å²) in [6, 6.07) is 16.1. The number of nitrogens with zero attached hydrogens (tertiary/aromatic N) is 4. The number of thioether (sulfide) groups is 1. The molecule has 0 saturated carbocycles. The standard InChI is InChI=1S/C20H23N5O3S2/c1-15-22-23-20(25(15)13-16-7-5-4-6-8-16)29-14-19(26)21-17-9-11-18(12-10-17)30(27,28)24(2)3/h4-12H,13-14H2,1-3H3,(H,21,26). The Morgan fingerprint density at radius 1 is 1.07 bits per heavy atom.